The molecule has 5 heteroatoms. The van der Waals surface area contributed by atoms with Gasteiger partial charge in [0.25, 0.3) is 0 Å². The van der Waals surface area contributed by atoms with Crippen molar-refractivity contribution in [1.82, 2.24) is 0 Å². The molecular formula is C46H38ClFeNOPd. The predicted molar refractivity (Wildman–Crippen MR) is 207 cm³/mol. The molecule has 51 heavy (non-hydrogen) atoms. The van der Waals surface area contributed by atoms with E-state index in [2.05, 4.69) is 204 Å². The molecular weight excluding hydrogens is 780 g/mol. The van der Waals surface area contributed by atoms with Crippen molar-refractivity contribution in [3.05, 3.63) is 181 Å². The van der Waals surface area contributed by atoms with Crippen molar-refractivity contribution >= 4 is 15.4 Å². The molecule has 0 saturated heterocycles. The number of ether oxygens (including phenoxy) is 1. The Morgan fingerprint density at radius 1 is 0.667 bits per heavy atom. The van der Waals surface area contributed by atoms with Crippen LogP contribution >= 0.6 is 9.53 Å². The molecule has 0 fully saturated rings. The van der Waals surface area contributed by atoms with Crippen LogP contribution in [-0.2, 0) is 40.0 Å². The molecule has 0 amide bonds. The van der Waals surface area contributed by atoms with Gasteiger partial charge < -0.3 is 9.73 Å². The van der Waals surface area contributed by atoms with Crippen LogP contribution in [0.4, 0.5) is 0 Å². The molecule has 1 atom stereocenters. The van der Waals surface area contributed by atoms with Crippen LogP contribution in [0.3, 0.4) is 0 Å². The fourth-order valence-corrected chi connectivity index (χ4v) is 6.43. The van der Waals surface area contributed by atoms with Crippen molar-refractivity contribution in [2.45, 2.75) is 19.9 Å². The molecule has 0 saturated carbocycles. The van der Waals surface area contributed by atoms with Gasteiger partial charge in [0.15, 0.2) is 0 Å². The Bertz CT molecular complexity index is 1780. The fourth-order valence-electron chi connectivity index (χ4n) is 6.43. The Labute approximate surface area is 327 Å². The summed E-state index contributed by atoms with van der Waals surface area (Å²) in [6, 6.07) is 63.3. The van der Waals surface area contributed by atoms with Crippen LogP contribution in [0.25, 0.3) is 55.6 Å². The van der Waals surface area contributed by atoms with Gasteiger partial charge in [0.2, 0.25) is 0 Å². The molecule has 0 radical (unpaired) electrons. The van der Waals surface area contributed by atoms with E-state index in [9.17, 15) is 0 Å². The van der Waals surface area contributed by atoms with E-state index in [0.717, 1.165) is 11.5 Å². The molecule has 0 spiro atoms. The predicted octanol–water partition coefficient (Wildman–Crippen LogP) is 12.4. The minimum atomic E-state index is 0. The zero-order valence-electron chi connectivity index (χ0n) is 28.4. The fraction of sp³-hybridized carbons (Fsp3) is 0.109. The van der Waals surface area contributed by atoms with Crippen molar-refractivity contribution in [2.75, 3.05) is 6.61 Å². The summed E-state index contributed by atoms with van der Waals surface area (Å²) in [5.41, 5.74) is 13.5. The Kier molecular flexibility index (Phi) is 14.0. The van der Waals surface area contributed by atoms with Gasteiger partial charge in [0, 0.05) is 5.90 Å². The van der Waals surface area contributed by atoms with Gasteiger partial charge in [-0.3, -0.25) is 24.3 Å². The third-order valence-corrected chi connectivity index (χ3v) is 8.83. The van der Waals surface area contributed by atoms with Gasteiger partial charge >= 0.3 is 44.8 Å². The van der Waals surface area contributed by atoms with Gasteiger partial charge in [0.1, 0.15) is 0 Å². The maximum atomic E-state index is 5.49. The first-order chi connectivity index (χ1) is 24.7. The zero-order valence-corrected chi connectivity index (χ0v) is 31.8. The normalized spacial score (nSPS) is 13.1. The molecule has 258 valence electrons. The first kappa shape index (κ1) is 38.0. The van der Waals surface area contributed by atoms with Crippen molar-refractivity contribution < 1.29 is 40.0 Å². The molecule has 1 heterocycles. The third kappa shape index (κ3) is 8.80. The molecule has 8 rings (SSSR count). The maximum absolute atomic E-state index is 5.49. The summed E-state index contributed by atoms with van der Waals surface area (Å²) in [4.78, 5) is 4.49. The van der Waals surface area contributed by atoms with Crippen LogP contribution in [0.15, 0.2) is 175 Å². The molecule has 0 aliphatic carbocycles. The van der Waals surface area contributed by atoms with Crippen molar-refractivity contribution in [3.63, 3.8) is 0 Å². The first-order valence-corrected chi connectivity index (χ1v) is 18.8. The summed E-state index contributed by atoms with van der Waals surface area (Å²) in [5.74, 6) is 1.30. The van der Waals surface area contributed by atoms with Crippen molar-refractivity contribution in [3.8, 4) is 55.6 Å². The number of hydrogen-bond donors (Lipinski definition) is 0. The van der Waals surface area contributed by atoms with E-state index in [-0.39, 0.29) is 17.1 Å². The van der Waals surface area contributed by atoms with Gasteiger partial charge in [0.05, 0.1) is 12.6 Å². The average Bonchev–Trinajstić information content (AvgIpc) is 3.98. The average molecular weight is 819 g/mol. The van der Waals surface area contributed by atoms with Gasteiger partial charge in [-0.1, -0.05) is 210 Å². The quantitative estimate of drug-likeness (QED) is 0.116. The van der Waals surface area contributed by atoms with Crippen LogP contribution in [0.5, 0.6) is 0 Å². The number of hydrogen-bond acceptors (Lipinski definition) is 2. The Balaban J connectivity index is 0.000000265. The smallest absolute Gasteiger partial charge is 0.0999 e. The molecule has 1 aliphatic heterocycles. The summed E-state index contributed by atoms with van der Waals surface area (Å²) < 4.78 is 5.49. The second-order valence-electron chi connectivity index (χ2n) is 12.3. The zero-order chi connectivity index (χ0) is 34.7. The maximum Gasteiger partial charge on any atom is 2.00 e. The second kappa shape index (κ2) is 18.8. The van der Waals surface area contributed by atoms with E-state index < -0.39 is 0 Å². The molecule has 7 aromatic rings. The molecule has 7 aromatic carbocycles. The monoisotopic (exact) mass is 817 g/mol. The largest absolute Gasteiger partial charge is 2.00 e. The van der Waals surface area contributed by atoms with Crippen LogP contribution in [0, 0.1) is 12.0 Å². The van der Waals surface area contributed by atoms with Gasteiger partial charge in [-0.15, -0.1) is 0 Å². The van der Waals surface area contributed by atoms with E-state index in [0.29, 0.717) is 18.6 Å². The number of aliphatic imine (C=N–C) groups is 1. The Morgan fingerprint density at radius 2 is 1.08 bits per heavy atom. The van der Waals surface area contributed by atoms with E-state index in [4.69, 9.17) is 4.74 Å². The number of nitrogens with zero attached hydrogens (tertiary/aromatic N) is 1. The molecule has 0 aromatic heterocycles. The van der Waals surface area contributed by atoms with Crippen LogP contribution < -0.4 is 0 Å². The van der Waals surface area contributed by atoms with E-state index in [1.54, 1.807) is 0 Å². The van der Waals surface area contributed by atoms with Crippen LogP contribution in [-0.4, -0.2) is 18.5 Å². The van der Waals surface area contributed by atoms with Gasteiger partial charge in [-0.25, -0.2) is 5.56 Å². The third-order valence-electron chi connectivity index (χ3n) is 8.83. The molecule has 1 aliphatic rings. The van der Waals surface area contributed by atoms with Gasteiger partial charge in [-0.05, 0) is 17.0 Å². The molecule has 2 nitrogen and oxygen atoms in total. The van der Waals surface area contributed by atoms with Crippen LogP contribution in [0.1, 0.15) is 19.4 Å². The van der Waals surface area contributed by atoms with Crippen molar-refractivity contribution in [1.29, 1.82) is 0 Å². The standard InChI is InChI=1S/C35H25.C11H13NO.ClH.Fe.Pd/c1-6-16-26(17-7-1)31-32(27-18-8-2-9-19-27)34(29-22-12-4-13-23-29)35(30-24-14-5-15-25-30)33(31)28-20-10-3-11-21-28;1-8(2)10-7-13-11(12-10)9-5-3-4-6-9;;;/h1-25H;3-5,8,10H,7H2,1-2H3;1H;;/q-1;-2;;2*+2/p-1/t;10-;;;/m.1.../s1. The Hall–Kier alpha value is -4.26. The summed E-state index contributed by atoms with van der Waals surface area (Å²) in [6.07, 6.45) is 0. The summed E-state index contributed by atoms with van der Waals surface area (Å²) in [6.45, 7) is 5.04. The van der Waals surface area contributed by atoms with Gasteiger partial charge in [-0.2, -0.15) is 0 Å². The molecule has 0 unspecified atom stereocenters. The minimum Gasteiger partial charge on any atom is -0.0999 e. The number of halogens is 1. The van der Waals surface area contributed by atoms with Crippen LogP contribution in [0.2, 0.25) is 0 Å². The summed E-state index contributed by atoms with van der Waals surface area (Å²) >= 11 is 2.22. The number of rotatable bonds is 7. The van der Waals surface area contributed by atoms with E-state index in [1.165, 1.54) is 55.6 Å². The topological polar surface area (TPSA) is 21.6 Å². The minimum absolute atomic E-state index is 0. The number of benzene rings is 5. The van der Waals surface area contributed by atoms with E-state index in [1.807, 2.05) is 18.2 Å². The molecule has 0 bridgehead atoms. The van der Waals surface area contributed by atoms with Crippen molar-refractivity contribution in [2.24, 2.45) is 10.9 Å². The SMILES string of the molecule is CC(C)[C@H]1COC(c2[c-]cc[cH-]2)=N1.[Cl][Pd+].[Fe+2].c1ccc(-c2c(-c3ccccc3)c(-c3ccccc3)[c-](-c3ccccc3)c2-c2ccccc2)cc1. The first-order valence-electron chi connectivity index (χ1n) is 16.8. The molecule has 0 N–H and O–H groups in total. The Morgan fingerprint density at radius 3 is 1.45 bits per heavy atom. The summed E-state index contributed by atoms with van der Waals surface area (Å²) in [7, 11) is 4.49. The summed E-state index contributed by atoms with van der Waals surface area (Å²) in [5, 5.41) is 0. The van der Waals surface area contributed by atoms with E-state index >= 15 is 0 Å². The second-order valence-corrected chi connectivity index (χ2v) is 12.3.